The van der Waals surface area contributed by atoms with E-state index >= 15 is 0 Å². The number of hydrogen-bond acceptors (Lipinski definition) is 2. The minimum absolute atomic E-state index is 0.429. The maximum atomic E-state index is 9.60. The van der Waals surface area contributed by atoms with Crippen molar-refractivity contribution in [3.05, 3.63) is 28.8 Å². The number of aromatic hydroxyl groups is 1. The molecule has 0 aliphatic rings. The average molecular weight is 193 g/mol. The minimum atomic E-state index is 0.429. The highest BCUT2D eigenvalue weighted by molar-refractivity contribution is 5.42. The smallest absolute Gasteiger partial charge is 0.121 e. The van der Waals surface area contributed by atoms with Crippen molar-refractivity contribution in [3.63, 3.8) is 0 Å². The lowest BCUT2D eigenvalue weighted by molar-refractivity contribution is 0.413. The van der Waals surface area contributed by atoms with E-state index in [4.69, 9.17) is 0 Å². The van der Waals surface area contributed by atoms with Gasteiger partial charge in [-0.15, -0.1) is 0 Å². The zero-order chi connectivity index (χ0) is 10.7. The molecule has 0 spiro atoms. The lowest BCUT2D eigenvalue weighted by Gasteiger charge is -2.11. The summed E-state index contributed by atoms with van der Waals surface area (Å²) in [6.45, 7) is 4.94. The Bertz CT molecular complexity index is 295. The van der Waals surface area contributed by atoms with Crippen molar-refractivity contribution in [2.24, 2.45) is 0 Å². The molecule has 0 saturated carbocycles. The molecular weight excluding hydrogens is 174 g/mol. The molecule has 0 aliphatic heterocycles. The summed E-state index contributed by atoms with van der Waals surface area (Å²) in [5.41, 5.74) is 3.24. The van der Waals surface area contributed by atoms with Gasteiger partial charge in [-0.1, -0.05) is 12.1 Å². The van der Waals surface area contributed by atoms with E-state index in [2.05, 4.69) is 31.1 Å². The predicted octanol–water partition coefficient (Wildman–Crippen LogP) is 2.11. The number of hydrogen-bond donors (Lipinski definition) is 1. The Kier molecular flexibility index (Phi) is 3.53. The van der Waals surface area contributed by atoms with E-state index in [9.17, 15) is 5.11 Å². The molecule has 1 rings (SSSR count). The van der Waals surface area contributed by atoms with Gasteiger partial charge in [-0.2, -0.15) is 0 Å². The Labute approximate surface area is 86.2 Å². The van der Waals surface area contributed by atoms with Crippen molar-refractivity contribution in [3.8, 4) is 5.75 Å². The fourth-order valence-electron chi connectivity index (χ4n) is 1.54. The number of nitrogens with zero attached hydrogens (tertiary/aromatic N) is 1. The number of rotatable bonds is 3. The topological polar surface area (TPSA) is 23.5 Å². The van der Waals surface area contributed by atoms with Crippen LogP contribution < -0.4 is 0 Å². The molecule has 1 N–H and O–H groups in total. The first-order chi connectivity index (χ1) is 6.50. The van der Waals surface area contributed by atoms with Gasteiger partial charge in [-0.3, -0.25) is 0 Å². The SMILES string of the molecule is Cc1cc(CCN(C)C)cc(C)c1O. The fourth-order valence-corrected chi connectivity index (χ4v) is 1.54. The van der Waals surface area contributed by atoms with E-state index < -0.39 is 0 Å². The standard InChI is InChI=1S/C12H19NO/c1-9-7-11(5-6-13(3)4)8-10(2)12(9)14/h7-8,14H,5-6H2,1-4H3. The summed E-state index contributed by atoms with van der Waals surface area (Å²) in [5.74, 6) is 0.429. The zero-order valence-electron chi connectivity index (χ0n) is 9.46. The maximum Gasteiger partial charge on any atom is 0.121 e. The van der Waals surface area contributed by atoms with Crippen LogP contribution in [0.5, 0.6) is 5.75 Å². The highest BCUT2D eigenvalue weighted by Crippen LogP contribution is 2.22. The summed E-state index contributed by atoms with van der Waals surface area (Å²) in [7, 11) is 4.14. The second-order valence-corrected chi connectivity index (χ2v) is 4.13. The normalized spacial score (nSPS) is 10.9. The summed E-state index contributed by atoms with van der Waals surface area (Å²) in [5, 5.41) is 9.60. The molecule has 0 saturated heterocycles. The monoisotopic (exact) mass is 193 g/mol. The first kappa shape index (κ1) is 11.1. The van der Waals surface area contributed by atoms with Crippen molar-refractivity contribution in [1.29, 1.82) is 0 Å². The van der Waals surface area contributed by atoms with Gasteiger partial charge in [0.15, 0.2) is 0 Å². The molecule has 1 aromatic carbocycles. The van der Waals surface area contributed by atoms with Gasteiger partial charge >= 0.3 is 0 Å². The highest BCUT2D eigenvalue weighted by Gasteiger charge is 2.03. The molecule has 14 heavy (non-hydrogen) atoms. The Morgan fingerprint density at radius 3 is 2.07 bits per heavy atom. The molecule has 78 valence electrons. The van der Waals surface area contributed by atoms with E-state index in [1.54, 1.807) is 0 Å². The van der Waals surface area contributed by atoms with Crippen LogP contribution in [-0.2, 0) is 6.42 Å². The maximum absolute atomic E-state index is 9.60. The number of aryl methyl sites for hydroxylation is 2. The van der Waals surface area contributed by atoms with Gasteiger partial charge < -0.3 is 10.0 Å². The quantitative estimate of drug-likeness (QED) is 0.794. The molecule has 0 amide bonds. The largest absolute Gasteiger partial charge is 0.507 e. The molecule has 0 atom stereocenters. The molecule has 0 heterocycles. The third-order valence-corrected chi connectivity index (χ3v) is 2.40. The molecule has 0 radical (unpaired) electrons. The van der Waals surface area contributed by atoms with Crippen LogP contribution in [-0.4, -0.2) is 30.6 Å². The second-order valence-electron chi connectivity index (χ2n) is 4.13. The van der Waals surface area contributed by atoms with E-state index in [-0.39, 0.29) is 0 Å². The Morgan fingerprint density at radius 1 is 1.14 bits per heavy atom. The second kappa shape index (κ2) is 4.47. The summed E-state index contributed by atoms with van der Waals surface area (Å²) in [4.78, 5) is 2.16. The van der Waals surface area contributed by atoms with Crippen molar-refractivity contribution < 1.29 is 5.11 Å². The fraction of sp³-hybridized carbons (Fsp3) is 0.500. The summed E-state index contributed by atoms with van der Waals surface area (Å²) < 4.78 is 0. The van der Waals surface area contributed by atoms with Gasteiger partial charge in [-0.25, -0.2) is 0 Å². The molecule has 0 bridgehead atoms. The Balaban J connectivity index is 2.79. The number of phenolic OH excluding ortho intramolecular Hbond substituents is 1. The van der Waals surface area contributed by atoms with Crippen LogP contribution in [0.3, 0.4) is 0 Å². The number of benzene rings is 1. The van der Waals surface area contributed by atoms with E-state index in [1.807, 2.05) is 13.8 Å². The van der Waals surface area contributed by atoms with Gasteiger partial charge in [0, 0.05) is 6.54 Å². The van der Waals surface area contributed by atoms with Gasteiger partial charge in [0.2, 0.25) is 0 Å². The first-order valence-electron chi connectivity index (χ1n) is 4.94. The van der Waals surface area contributed by atoms with Crippen LogP contribution in [0.2, 0.25) is 0 Å². The van der Waals surface area contributed by atoms with Crippen molar-refractivity contribution in [1.82, 2.24) is 4.90 Å². The van der Waals surface area contributed by atoms with E-state index in [0.29, 0.717) is 5.75 Å². The van der Waals surface area contributed by atoms with Crippen LogP contribution in [0, 0.1) is 13.8 Å². The van der Waals surface area contributed by atoms with Crippen LogP contribution >= 0.6 is 0 Å². The van der Waals surface area contributed by atoms with Gasteiger partial charge in [0.05, 0.1) is 0 Å². The van der Waals surface area contributed by atoms with Gasteiger partial charge in [0.25, 0.3) is 0 Å². The lowest BCUT2D eigenvalue weighted by atomic mass is 10.0. The van der Waals surface area contributed by atoms with Gasteiger partial charge in [-0.05, 0) is 51.1 Å². The molecule has 2 heteroatoms. The third-order valence-electron chi connectivity index (χ3n) is 2.40. The first-order valence-corrected chi connectivity index (χ1v) is 4.94. The molecule has 0 fully saturated rings. The highest BCUT2D eigenvalue weighted by atomic mass is 16.3. The molecule has 0 unspecified atom stereocenters. The molecule has 0 aromatic heterocycles. The Hall–Kier alpha value is -1.02. The third kappa shape index (κ3) is 2.74. The van der Waals surface area contributed by atoms with E-state index in [0.717, 1.165) is 24.1 Å². The van der Waals surface area contributed by atoms with Crippen molar-refractivity contribution in [2.45, 2.75) is 20.3 Å². The van der Waals surface area contributed by atoms with Crippen LogP contribution in [0.25, 0.3) is 0 Å². The van der Waals surface area contributed by atoms with Crippen LogP contribution in [0.1, 0.15) is 16.7 Å². The molecule has 0 aliphatic carbocycles. The zero-order valence-corrected chi connectivity index (χ0v) is 9.46. The minimum Gasteiger partial charge on any atom is -0.507 e. The summed E-state index contributed by atoms with van der Waals surface area (Å²) in [6.07, 6.45) is 1.04. The van der Waals surface area contributed by atoms with E-state index in [1.165, 1.54) is 5.56 Å². The van der Waals surface area contributed by atoms with Crippen molar-refractivity contribution in [2.75, 3.05) is 20.6 Å². The lowest BCUT2D eigenvalue weighted by Crippen LogP contribution is -2.15. The molecule has 2 nitrogen and oxygen atoms in total. The predicted molar refractivity (Wildman–Crippen MR) is 59.8 cm³/mol. The molecule has 1 aromatic rings. The summed E-state index contributed by atoms with van der Waals surface area (Å²) >= 11 is 0. The van der Waals surface area contributed by atoms with Gasteiger partial charge in [0.1, 0.15) is 5.75 Å². The Morgan fingerprint density at radius 2 is 1.64 bits per heavy atom. The average Bonchev–Trinajstić information content (AvgIpc) is 2.10. The number of phenols is 1. The summed E-state index contributed by atoms with van der Waals surface area (Å²) in [6, 6.07) is 4.12. The number of likely N-dealkylation sites (N-methyl/N-ethyl adjacent to an activating group) is 1. The van der Waals surface area contributed by atoms with Crippen LogP contribution in [0.4, 0.5) is 0 Å². The molecular formula is C12H19NO. The van der Waals surface area contributed by atoms with Crippen LogP contribution in [0.15, 0.2) is 12.1 Å². The van der Waals surface area contributed by atoms with Crippen molar-refractivity contribution >= 4 is 0 Å².